The number of aromatic nitrogens is 2. The summed E-state index contributed by atoms with van der Waals surface area (Å²) in [6.07, 6.45) is 1.60. The first-order chi connectivity index (χ1) is 12.1. The fourth-order valence-electron chi connectivity index (χ4n) is 3.00. The molecule has 2 heterocycles. The Morgan fingerprint density at radius 1 is 1.12 bits per heavy atom. The highest BCUT2D eigenvalue weighted by Crippen LogP contribution is 2.31. The maximum absolute atomic E-state index is 13.9. The Balaban J connectivity index is 1.93. The lowest BCUT2D eigenvalue weighted by molar-refractivity contribution is 0.0964. The van der Waals surface area contributed by atoms with Crippen LogP contribution in [0.15, 0.2) is 48.7 Å². The molecule has 0 radical (unpaired) electrons. The molecule has 0 unspecified atom stereocenters. The number of pyridine rings is 1. The zero-order valence-electron chi connectivity index (χ0n) is 13.2. The van der Waals surface area contributed by atoms with E-state index in [1.165, 1.54) is 6.07 Å². The van der Waals surface area contributed by atoms with E-state index in [2.05, 4.69) is 15.3 Å². The van der Waals surface area contributed by atoms with E-state index in [4.69, 9.17) is 0 Å². The Morgan fingerprint density at radius 3 is 2.76 bits per heavy atom. The molecular formula is C19H13F2N3O. The number of hydrogen-bond donors (Lipinski definition) is 2. The van der Waals surface area contributed by atoms with Gasteiger partial charge in [-0.3, -0.25) is 4.79 Å². The monoisotopic (exact) mass is 337 g/mol. The minimum absolute atomic E-state index is 0.198. The third-order valence-electron chi connectivity index (χ3n) is 4.19. The third kappa shape index (κ3) is 2.42. The number of fused-ring (bicyclic) bond motifs is 2. The van der Waals surface area contributed by atoms with Crippen molar-refractivity contribution in [2.75, 3.05) is 7.05 Å². The van der Waals surface area contributed by atoms with Crippen LogP contribution in [-0.2, 0) is 0 Å². The first-order valence-corrected chi connectivity index (χ1v) is 7.67. The van der Waals surface area contributed by atoms with Gasteiger partial charge in [-0.1, -0.05) is 6.07 Å². The lowest BCUT2D eigenvalue weighted by Crippen LogP contribution is -2.18. The highest BCUT2D eigenvalue weighted by atomic mass is 19.1. The molecule has 0 aliphatic heterocycles. The molecule has 4 rings (SSSR count). The second-order valence-corrected chi connectivity index (χ2v) is 5.66. The predicted octanol–water partition coefficient (Wildman–Crippen LogP) is 4.02. The van der Waals surface area contributed by atoms with Crippen LogP contribution in [0, 0.1) is 11.6 Å². The van der Waals surface area contributed by atoms with Gasteiger partial charge in [0.15, 0.2) is 0 Å². The van der Waals surface area contributed by atoms with Crippen molar-refractivity contribution in [3.63, 3.8) is 0 Å². The maximum Gasteiger partial charge on any atom is 0.251 e. The minimum Gasteiger partial charge on any atom is -0.358 e. The van der Waals surface area contributed by atoms with Gasteiger partial charge in [-0.15, -0.1) is 0 Å². The molecule has 0 saturated heterocycles. The number of rotatable bonds is 2. The Hall–Kier alpha value is -3.28. The van der Waals surface area contributed by atoms with Gasteiger partial charge in [-0.05, 0) is 30.3 Å². The standard InChI is InChI=1S/C19H13F2N3O/c1-22-19(25)12-3-2-4-16-11(12)5-6-17(24-16)14-9-23-18-13(14)7-10(20)8-15(18)21/h2-9,23H,1H3,(H,22,25). The quantitative estimate of drug-likeness (QED) is 0.580. The molecule has 4 aromatic rings. The van der Waals surface area contributed by atoms with E-state index in [-0.39, 0.29) is 11.4 Å². The van der Waals surface area contributed by atoms with Gasteiger partial charge in [-0.2, -0.15) is 0 Å². The van der Waals surface area contributed by atoms with Gasteiger partial charge >= 0.3 is 0 Å². The zero-order chi connectivity index (χ0) is 17.6. The largest absolute Gasteiger partial charge is 0.358 e. The summed E-state index contributed by atoms with van der Waals surface area (Å²) in [4.78, 5) is 19.3. The molecule has 124 valence electrons. The number of aromatic amines is 1. The zero-order valence-corrected chi connectivity index (χ0v) is 13.2. The van der Waals surface area contributed by atoms with Crippen LogP contribution in [-0.4, -0.2) is 22.9 Å². The topological polar surface area (TPSA) is 57.8 Å². The Bertz CT molecular complexity index is 1130. The van der Waals surface area contributed by atoms with Gasteiger partial charge in [-0.25, -0.2) is 13.8 Å². The molecule has 0 atom stereocenters. The van der Waals surface area contributed by atoms with Crippen LogP contribution in [0.2, 0.25) is 0 Å². The molecule has 2 aromatic carbocycles. The normalized spacial score (nSPS) is 11.2. The molecule has 25 heavy (non-hydrogen) atoms. The van der Waals surface area contributed by atoms with Crippen molar-refractivity contribution in [3.8, 4) is 11.3 Å². The number of nitrogens with zero attached hydrogens (tertiary/aromatic N) is 1. The van der Waals surface area contributed by atoms with Gasteiger partial charge in [0.1, 0.15) is 11.6 Å². The van der Waals surface area contributed by atoms with Crippen molar-refractivity contribution in [2.24, 2.45) is 0 Å². The van der Waals surface area contributed by atoms with Crippen LogP contribution in [0.25, 0.3) is 33.1 Å². The van der Waals surface area contributed by atoms with Crippen LogP contribution in [0.3, 0.4) is 0 Å². The number of H-pyrrole nitrogens is 1. The molecule has 6 heteroatoms. The van der Waals surface area contributed by atoms with Crippen molar-refractivity contribution < 1.29 is 13.6 Å². The molecule has 2 N–H and O–H groups in total. The number of carbonyl (C=O) groups is 1. The average Bonchev–Trinajstić information content (AvgIpc) is 3.04. The summed E-state index contributed by atoms with van der Waals surface area (Å²) in [5.41, 5.74) is 2.55. The van der Waals surface area contributed by atoms with E-state index < -0.39 is 11.6 Å². The van der Waals surface area contributed by atoms with Gasteiger partial charge in [0.05, 0.1) is 16.7 Å². The SMILES string of the molecule is CNC(=O)c1cccc2nc(-c3c[nH]c4c(F)cc(F)cc34)ccc12. The molecule has 4 nitrogen and oxygen atoms in total. The highest BCUT2D eigenvalue weighted by molar-refractivity contribution is 6.06. The number of nitrogens with one attached hydrogen (secondary N) is 2. The van der Waals surface area contributed by atoms with Crippen molar-refractivity contribution in [2.45, 2.75) is 0 Å². The smallest absolute Gasteiger partial charge is 0.251 e. The van der Waals surface area contributed by atoms with Crippen molar-refractivity contribution in [1.82, 2.24) is 15.3 Å². The molecular weight excluding hydrogens is 324 g/mol. The Labute approximate surface area is 141 Å². The van der Waals surface area contributed by atoms with Crippen LogP contribution >= 0.6 is 0 Å². The second kappa shape index (κ2) is 5.66. The van der Waals surface area contributed by atoms with E-state index in [0.29, 0.717) is 33.1 Å². The Morgan fingerprint density at radius 2 is 1.96 bits per heavy atom. The van der Waals surface area contributed by atoms with Gasteiger partial charge < -0.3 is 10.3 Å². The third-order valence-corrected chi connectivity index (χ3v) is 4.19. The molecule has 2 aromatic heterocycles. The van der Waals surface area contributed by atoms with Gasteiger partial charge in [0.25, 0.3) is 5.91 Å². The fraction of sp³-hybridized carbons (Fsp3) is 0.0526. The van der Waals surface area contributed by atoms with Crippen molar-refractivity contribution in [3.05, 3.63) is 65.9 Å². The van der Waals surface area contributed by atoms with Gasteiger partial charge in [0.2, 0.25) is 0 Å². The van der Waals surface area contributed by atoms with Crippen molar-refractivity contribution in [1.29, 1.82) is 0 Å². The summed E-state index contributed by atoms with van der Waals surface area (Å²) in [6.45, 7) is 0. The summed E-state index contributed by atoms with van der Waals surface area (Å²) in [6, 6.07) is 10.9. The number of benzene rings is 2. The van der Waals surface area contributed by atoms with Crippen LogP contribution in [0.1, 0.15) is 10.4 Å². The second-order valence-electron chi connectivity index (χ2n) is 5.66. The maximum atomic E-state index is 13.9. The molecule has 1 amide bonds. The van der Waals surface area contributed by atoms with E-state index in [9.17, 15) is 13.6 Å². The first kappa shape index (κ1) is 15.3. The molecule has 0 aliphatic carbocycles. The lowest BCUT2D eigenvalue weighted by Gasteiger charge is -2.07. The summed E-state index contributed by atoms with van der Waals surface area (Å²) in [7, 11) is 1.57. The summed E-state index contributed by atoms with van der Waals surface area (Å²) >= 11 is 0. The van der Waals surface area contributed by atoms with Crippen molar-refractivity contribution >= 4 is 27.7 Å². The molecule has 0 aliphatic rings. The molecule has 0 spiro atoms. The van der Waals surface area contributed by atoms with E-state index in [1.807, 2.05) is 0 Å². The lowest BCUT2D eigenvalue weighted by atomic mass is 10.0. The van der Waals surface area contributed by atoms with E-state index >= 15 is 0 Å². The Kier molecular flexibility index (Phi) is 3.46. The summed E-state index contributed by atoms with van der Waals surface area (Å²) in [5, 5.41) is 3.73. The molecule has 0 saturated carbocycles. The average molecular weight is 337 g/mol. The number of halogens is 2. The minimum atomic E-state index is -0.649. The number of carbonyl (C=O) groups excluding carboxylic acids is 1. The van der Waals surface area contributed by atoms with Crippen LogP contribution in [0.5, 0.6) is 0 Å². The van der Waals surface area contributed by atoms with Crippen LogP contribution in [0.4, 0.5) is 8.78 Å². The van der Waals surface area contributed by atoms with Crippen LogP contribution < -0.4 is 5.32 Å². The fourth-order valence-corrected chi connectivity index (χ4v) is 3.00. The summed E-state index contributed by atoms with van der Waals surface area (Å²) < 4.78 is 27.5. The number of amides is 1. The predicted molar refractivity (Wildman–Crippen MR) is 92.3 cm³/mol. The number of hydrogen-bond acceptors (Lipinski definition) is 2. The molecule has 0 fully saturated rings. The van der Waals surface area contributed by atoms with Gasteiger partial charge in [0, 0.05) is 41.2 Å². The summed E-state index contributed by atoms with van der Waals surface area (Å²) in [5.74, 6) is -1.49. The molecule has 0 bridgehead atoms. The first-order valence-electron chi connectivity index (χ1n) is 7.67. The highest BCUT2D eigenvalue weighted by Gasteiger charge is 2.14. The van der Waals surface area contributed by atoms with E-state index in [0.717, 1.165) is 6.07 Å². The van der Waals surface area contributed by atoms with E-state index in [1.54, 1.807) is 43.6 Å².